The second-order valence-corrected chi connectivity index (χ2v) is 4.26. The zero-order chi connectivity index (χ0) is 9.71. The van der Waals surface area contributed by atoms with E-state index in [4.69, 9.17) is 0 Å². The SMILES string of the molecule is CC1CC(=O)C2=C1Cc1ccccc12. The van der Waals surface area contributed by atoms with E-state index in [0.717, 1.165) is 18.4 Å². The smallest absolute Gasteiger partial charge is 0.164 e. The molecule has 1 heteroatoms. The monoisotopic (exact) mass is 184 g/mol. The molecule has 0 amide bonds. The van der Waals surface area contributed by atoms with Gasteiger partial charge in [-0.25, -0.2) is 0 Å². The van der Waals surface area contributed by atoms with Gasteiger partial charge in [0.25, 0.3) is 0 Å². The van der Waals surface area contributed by atoms with Crippen LogP contribution in [0.5, 0.6) is 0 Å². The predicted octanol–water partition coefficient (Wildman–Crippen LogP) is 2.61. The Morgan fingerprint density at radius 3 is 2.93 bits per heavy atom. The third-order valence-electron chi connectivity index (χ3n) is 3.35. The van der Waals surface area contributed by atoms with Gasteiger partial charge in [0.2, 0.25) is 0 Å². The lowest BCUT2D eigenvalue weighted by atomic mass is 9.98. The van der Waals surface area contributed by atoms with Gasteiger partial charge in [-0.2, -0.15) is 0 Å². The number of Topliss-reactive ketones (excluding diaryl/α,β-unsaturated/α-hetero) is 1. The van der Waals surface area contributed by atoms with Crippen molar-refractivity contribution in [3.05, 3.63) is 41.0 Å². The summed E-state index contributed by atoms with van der Waals surface area (Å²) in [5.74, 6) is 0.808. The lowest BCUT2D eigenvalue weighted by Crippen LogP contribution is -2.00. The van der Waals surface area contributed by atoms with Crippen LogP contribution in [0.3, 0.4) is 0 Å². The molecule has 2 aliphatic rings. The van der Waals surface area contributed by atoms with Crippen molar-refractivity contribution < 1.29 is 4.79 Å². The van der Waals surface area contributed by atoms with E-state index in [2.05, 4.69) is 25.1 Å². The average Bonchev–Trinajstić information content (AvgIpc) is 2.66. The van der Waals surface area contributed by atoms with Crippen molar-refractivity contribution >= 4 is 11.4 Å². The lowest BCUT2D eigenvalue weighted by Gasteiger charge is -2.05. The summed E-state index contributed by atoms with van der Waals surface area (Å²) >= 11 is 0. The molecule has 0 heterocycles. The van der Waals surface area contributed by atoms with Gasteiger partial charge in [0.05, 0.1) is 0 Å². The Balaban J connectivity index is 2.21. The third kappa shape index (κ3) is 0.872. The van der Waals surface area contributed by atoms with Crippen LogP contribution in [0.2, 0.25) is 0 Å². The van der Waals surface area contributed by atoms with Crippen LogP contribution in [0.25, 0.3) is 5.57 Å². The summed E-state index contributed by atoms with van der Waals surface area (Å²) < 4.78 is 0. The van der Waals surface area contributed by atoms with Gasteiger partial charge < -0.3 is 0 Å². The molecule has 2 aliphatic carbocycles. The van der Waals surface area contributed by atoms with Crippen molar-refractivity contribution in [3.8, 4) is 0 Å². The van der Waals surface area contributed by atoms with E-state index >= 15 is 0 Å². The molecule has 0 aliphatic heterocycles. The number of carbonyl (C=O) groups excluding carboxylic acids is 1. The van der Waals surface area contributed by atoms with E-state index in [9.17, 15) is 4.79 Å². The molecule has 1 aromatic carbocycles. The fourth-order valence-corrected chi connectivity index (χ4v) is 2.64. The number of hydrogen-bond donors (Lipinski definition) is 0. The minimum atomic E-state index is 0.345. The first kappa shape index (κ1) is 7.98. The summed E-state index contributed by atoms with van der Waals surface area (Å²) in [6.45, 7) is 2.16. The molecule has 0 aromatic heterocycles. The summed E-state index contributed by atoms with van der Waals surface area (Å²) in [6, 6.07) is 8.28. The molecule has 1 aromatic rings. The Labute approximate surface area is 83.4 Å². The zero-order valence-electron chi connectivity index (χ0n) is 8.21. The van der Waals surface area contributed by atoms with Crippen molar-refractivity contribution in [3.63, 3.8) is 0 Å². The summed E-state index contributed by atoms with van der Waals surface area (Å²) in [5, 5.41) is 0. The number of benzene rings is 1. The first-order valence-electron chi connectivity index (χ1n) is 5.12. The standard InChI is InChI=1S/C13H12O/c1-8-6-12(14)13-10-5-3-2-4-9(10)7-11(8)13/h2-5,8H,6-7H2,1H3. The van der Waals surface area contributed by atoms with Gasteiger partial charge in [-0.3, -0.25) is 4.79 Å². The minimum absolute atomic E-state index is 0.345. The van der Waals surface area contributed by atoms with E-state index in [1.54, 1.807) is 0 Å². The first-order chi connectivity index (χ1) is 6.77. The van der Waals surface area contributed by atoms with Gasteiger partial charge in [-0.1, -0.05) is 36.8 Å². The number of carbonyl (C=O) groups is 1. The van der Waals surface area contributed by atoms with Crippen molar-refractivity contribution in [1.82, 2.24) is 0 Å². The van der Waals surface area contributed by atoms with Crippen molar-refractivity contribution in [1.29, 1.82) is 0 Å². The molecular formula is C13H12O. The van der Waals surface area contributed by atoms with Gasteiger partial charge in [0, 0.05) is 12.0 Å². The molecule has 0 bridgehead atoms. The second kappa shape index (κ2) is 2.57. The molecule has 0 spiro atoms. The van der Waals surface area contributed by atoms with E-state index in [0.29, 0.717) is 11.7 Å². The molecule has 0 radical (unpaired) electrons. The fourth-order valence-electron chi connectivity index (χ4n) is 2.64. The fraction of sp³-hybridized carbons (Fsp3) is 0.308. The van der Waals surface area contributed by atoms with Crippen LogP contribution in [0.15, 0.2) is 29.8 Å². The Kier molecular flexibility index (Phi) is 1.46. The van der Waals surface area contributed by atoms with E-state index in [-0.39, 0.29) is 0 Å². The molecular weight excluding hydrogens is 172 g/mol. The van der Waals surface area contributed by atoms with E-state index in [1.807, 2.05) is 6.07 Å². The lowest BCUT2D eigenvalue weighted by molar-refractivity contribution is -0.113. The van der Waals surface area contributed by atoms with Gasteiger partial charge in [0.1, 0.15) is 0 Å². The molecule has 0 fully saturated rings. The molecule has 1 unspecified atom stereocenters. The van der Waals surface area contributed by atoms with Gasteiger partial charge in [-0.15, -0.1) is 0 Å². The molecule has 70 valence electrons. The Hall–Kier alpha value is -1.37. The second-order valence-electron chi connectivity index (χ2n) is 4.26. The van der Waals surface area contributed by atoms with Crippen LogP contribution in [0.1, 0.15) is 24.5 Å². The Morgan fingerprint density at radius 1 is 1.29 bits per heavy atom. The maximum Gasteiger partial charge on any atom is 0.164 e. The number of ketones is 1. The van der Waals surface area contributed by atoms with Crippen LogP contribution in [0.4, 0.5) is 0 Å². The van der Waals surface area contributed by atoms with E-state index < -0.39 is 0 Å². The summed E-state index contributed by atoms with van der Waals surface area (Å²) in [7, 11) is 0. The van der Waals surface area contributed by atoms with Crippen LogP contribution >= 0.6 is 0 Å². The molecule has 14 heavy (non-hydrogen) atoms. The maximum atomic E-state index is 11.8. The van der Waals surface area contributed by atoms with Gasteiger partial charge in [-0.05, 0) is 23.5 Å². The molecule has 0 saturated heterocycles. The van der Waals surface area contributed by atoms with Crippen LogP contribution in [-0.2, 0) is 11.2 Å². The first-order valence-corrected chi connectivity index (χ1v) is 5.12. The highest BCUT2D eigenvalue weighted by Crippen LogP contribution is 2.43. The highest BCUT2D eigenvalue weighted by atomic mass is 16.1. The van der Waals surface area contributed by atoms with Crippen LogP contribution in [-0.4, -0.2) is 5.78 Å². The van der Waals surface area contributed by atoms with Gasteiger partial charge in [0.15, 0.2) is 5.78 Å². The summed E-state index contributed by atoms with van der Waals surface area (Å²) in [5.41, 5.74) is 4.93. The quantitative estimate of drug-likeness (QED) is 0.605. The Bertz CT molecular complexity index is 454. The largest absolute Gasteiger partial charge is 0.294 e. The number of hydrogen-bond acceptors (Lipinski definition) is 1. The molecule has 1 nitrogen and oxygen atoms in total. The molecule has 1 atom stereocenters. The zero-order valence-corrected chi connectivity index (χ0v) is 8.21. The maximum absolute atomic E-state index is 11.8. The molecule has 0 N–H and O–H groups in total. The van der Waals surface area contributed by atoms with Crippen molar-refractivity contribution in [2.24, 2.45) is 5.92 Å². The summed E-state index contributed by atoms with van der Waals surface area (Å²) in [6.07, 6.45) is 1.72. The summed E-state index contributed by atoms with van der Waals surface area (Å²) in [4.78, 5) is 11.8. The Morgan fingerprint density at radius 2 is 2.07 bits per heavy atom. The van der Waals surface area contributed by atoms with Crippen molar-refractivity contribution in [2.75, 3.05) is 0 Å². The highest BCUT2D eigenvalue weighted by Gasteiger charge is 2.35. The minimum Gasteiger partial charge on any atom is -0.294 e. The van der Waals surface area contributed by atoms with Gasteiger partial charge >= 0.3 is 0 Å². The predicted molar refractivity (Wildman–Crippen MR) is 55.9 cm³/mol. The third-order valence-corrected chi connectivity index (χ3v) is 3.35. The highest BCUT2D eigenvalue weighted by molar-refractivity contribution is 6.25. The molecule has 0 saturated carbocycles. The number of allylic oxidation sites excluding steroid dienone is 2. The van der Waals surface area contributed by atoms with Crippen LogP contribution in [0, 0.1) is 5.92 Å². The number of fused-ring (bicyclic) bond motifs is 2. The average molecular weight is 184 g/mol. The van der Waals surface area contributed by atoms with Crippen molar-refractivity contribution in [2.45, 2.75) is 19.8 Å². The number of rotatable bonds is 0. The van der Waals surface area contributed by atoms with Crippen LogP contribution < -0.4 is 0 Å². The normalized spacial score (nSPS) is 24.1. The molecule has 3 rings (SSSR count). The topological polar surface area (TPSA) is 17.1 Å². The van der Waals surface area contributed by atoms with E-state index in [1.165, 1.54) is 16.7 Å².